The number of hydrogen-bond donors (Lipinski definition) is 1. The van der Waals surface area contributed by atoms with Gasteiger partial charge in [-0.3, -0.25) is 9.36 Å². The van der Waals surface area contributed by atoms with Crippen LogP contribution < -0.4 is 5.69 Å². The summed E-state index contributed by atoms with van der Waals surface area (Å²) in [7, 11) is 0. The molecular formula is C22H22F2N4O2. The van der Waals surface area contributed by atoms with Gasteiger partial charge in [0, 0.05) is 19.0 Å². The van der Waals surface area contributed by atoms with Gasteiger partial charge in [0.1, 0.15) is 23.0 Å². The van der Waals surface area contributed by atoms with E-state index in [0.29, 0.717) is 38.3 Å². The van der Waals surface area contributed by atoms with Crippen molar-refractivity contribution in [3.05, 3.63) is 87.1 Å². The molecule has 1 N–H and O–H groups in total. The van der Waals surface area contributed by atoms with Gasteiger partial charge < -0.3 is 4.90 Å². The third-order valence-electron chi connectivity index (χ3n) is 5.57. The number of carbonyl (C=O) groups is 1. The van der Waals surface area contributed by atoms with E-state index < -0.39 is 23.1 Å². The number of amides is 1. The molecule has 6 nitrogen and oxygen atoms in total. The number of piperidine rings is 1. The van der Waals surface area contributed by atoms with E-state index in [1.165, 1.54) is 11.0 Å². The van der Waals surface area contributed by atoms with Crippen LogP contribution in [0.5, 0.6) is 0 Å². The average molecular weight is 412 g/mol. The highest BCUT2D eigenvalue weighted by Crippen LogP contribution is 2.28. The van der Waals surface area contributed by atoms with Crippen molar-refractivity contribution in [1.29, 1.82) is 0 Å². The summed E-state index contributed by atoms with van der Waals surface area (Å²) < 4.78 is 29.5. The van der Waals surface area contributed by atoms with Crippen molar-refractivity contribution >= 4 is 5.91 Å². The minimum absolute atomic E-state index is 0.0242. The number of aryl methyl sites for hydroxylation is 1. The molecule has 30 heavy (non-hydrogen) atoms. The van der Waals surface area contributed by atoms with E-state index >= 15 is 0 Å². The molecule has 2 heterocycles. The molecular weight excluding hydrogens is 390 g/mol. The Morgan fingerprint density at radius 1 is 1.10 bits per heavy atom. The van der Waals surface area contributed by atoms with Crippen LogP contribution in [0, 0.1) is 18.6 Å². The Balaban J connectivity index is 1.48. The molecule has 0 bridgehead atoms. The van der Waals surface area contributed by atoms with Crippen LogP contribution in [-0.4, -0.2) is 38.7 Å². The smallest absolute Gasteiger partial charge is 0.338 e. The molecule has 8 heteroatoms. The lowest BCUT2D eigenvalue weighted by molar-refractivity contribution is 0.0700. The Kier molecular flexibility index (Phi) is 5.48. The molecule has 156 valence electrons. The summed E-state index contributed by atoms with van der Waals surface area (Å²) in [6.07, 6.45) is 1.11. The van der Waals surface area contributed by atoms with Gasteiger partial charge in [-0.1, -0.05) is 35.9 Å². The van der Waals surface area contributed by atoms with E-state index in [2.05, 4.69) is 10.2 Å². The predicted octanol–water partition coefficient (Wildman–Crippen LogP) is 3.23. The fourth-order valence-electron chi connectivity index (χ4n) is 3.87. The number of carbonyl (C=O) groups excluding carboxylic acids is 1. The second kappa shape index (κ2) is 8.22. The number of H-pyrrole nitrogens is 1. The maximum absolute atomic E-state index is 13.9. The van der Waals surface area contributed by atoms with E-state index in [1.807, 2.05) is 31.2 Å². The Hall–Kier alpha value is -3.29. The molecule has 1 amide bonds. The number of likely N-dealkylation sites (tertiary alicyclic amines) is 1. The zero-order valence-electron chi connectivity index (χ0n) is 16.6. The lowest BCUT2D eigenvalue weighted by atomic mass is 9.95. The normalized spacial score (nSPS) is 14.8. The van der Waals surface area contributed by atoms with Crippen molar-refractivity contribution in [3.63, 3.8) is 0 Å². The van der Waals surface area contributed by atoms with Crippen molar-refractivity contribution in [1.82, 2.24) is 19.7 Å². The summed E-state index contributed by atoms with van der Waals surface area (Å²) in [5, 5.41) is 6.73. The molecule has 0 radical (unpaired) electrons. The molecule has 1 aliphatic heterocycles. The van der Waals surface area contributed by atoms with Gasteiger partial charge in [-0.25, -0.2) is 18.7 Å². The van der Waals surface area contributed by atoms with Crippen LogP contribution in [0.1, 0.15) is 46.1 Å². The molecule has 3 aromatic rings. The summed E-state index contributed by atoms with van der Waals surface area (Å²) >= 11 is 0. The first-order chi connectivity index (χ1) is 14.4. The lowest BCUT2D eigenvalue weighted by Gasteiger charge is -2.31. The highest BCUT2D eigenvalue weighted by molar-refractivity contribution is 5.94. The first-order valence-electron chi connectivity index (χ1n) is 9.88. The Morgan fingerprint density at radius 3 is 2.37 bits per heavy atom. The topological polar surface area (TPSA) is 71.0 Å². The van der Waals surface area contributed by atoms with E-state index in [-0.39, 0.29) is 11.6 Å². The largest absolute Gasteiger partial charge is 0.343 e. The highest BCUT2D eigenvalue weighted by atomic mass is 19.1. The van der Waals surface area contributed by atoms with Gasteiger partial charge in [0.15, 0.2) is 0 Å². The van der Waals surface area contributed by atoms with Gasteiger partial charge in [-0.15, -0.1) is 0 Å². The highest BCUT2D eigenvalue weighted by Gasteiger charge is 2.30. The Morgan fingerprint density at radius 2 is 1.73 bits per heavy atom. The molecule has 0 unspecified atom stereocenters. The van der Waals surface area contributed by atoms with Crippen LogP contribution in [0.15, 0.2) is 47.3 Å². The summed E-state index contributed by atoms with van der Waals surface area (Å²) in [5.41, 5.74) is 1.33. The van der Waals surface area contributed by atoms with Gasteiger partial charge in [0.05, 0.1) is 6.54 Å². The van der Waals surface area contributed by atoms with Crippen LogP contribution in [0.4, 0.5) is 8.78 Å². The monoisotopic (exact) mass is 412 g/mol. The third-order valence-corrected chi connectivity index (χ3v) is 5.57. The van der Waals surface area contributed by atoms with Gasteiger partial charge in [0.2, 0.25) is 0 Å². The molecule has 0 atom stereocenters. The molecule has 1 aliphatic rings. The second-order valence-electron chi connectivity index (χ2n) is 7.62. The number of halogens is 2. The summed E-state index contributed by atoms with van der Waals surface area (Å²) in [6.45, 7) is 3.08. The Bertz CT molecular complexity index is 1090. The van der Waals surface area contributed by atoms with Crippen LogP contribution in [0.25, 0.3) is 0 Å². The van der Waals surface area contributed by atoms with Crippen molar-refractivity contribution in [2.75, 3.05) is 13.1 Å². The summed E-state index contributed by atoms with van der Waals surface area (Å²) in [5.74, 6) is -1.75. The van der Waals surface area contributed by atoms with E-state index in [9.17, 15) is 18.4 Å². The van der Waals surface area contributed by atoms with Gasteiger partial charge in [0.25, 0.3) is 5.91 Å². The second-order valence-corrected chi connectivity index (χ2v) is 7.62. The van der Waals surface area contributed by atoms with Crippen LogP contribution >= 0.6 is 0 Å². The third kappa shape index (κ3) is 3.90. The molecule has 4 rings (SSSR count). The number of hydrogen-bond acceptors (Lipinski definition) is 3. The quantitative estimate of drug-likeness (QED) is 0.715. The van der Waals surface area contributed by atoms with E-state index in [1.54, 1.807) is 4.57 Å². The standard InChI is InChI=1S/C22H22F2N4O2/c1-14-5-7-15(8-6-14)13-28-20(25-26-22(28)30)16-9-11-27(12-10-16)21(29)19-17(23)3-2-4-18(19)24/h2-8,16H,9-13H2,1H3,(H,26,30). The summed E-state index contributed by atoms with van der Waals surface area (Å²) in [4.78, 5) is 26.3. The average Bonchev–Trinajstić information content (AvgIpc) is 3.10. The molecule has 1 saturated heterocycles. The number of benzene rings is 2. The molecule has 1 aromatic heterocycles. The first kappa shape index (κ1) is 20.0. The SMILES string of the molecule is Cc1ccc(Cn2c(C3CCN(C(=O)c4c(F)cccc4F)CC3)n[nH]c2=O)cc1. The minimum atomic E-state index is -0.860. The molecule has 0 aliphatic carbocycles. The van der Waals surface area contributed by atoms with Gasteiger partial charge >= 0.3 is 5.69 Å². The maximum atomic E-state index is 13.9. The van der Waals surface area contributed by atoms with Crippen LogP contribution in [0.3, 0.4) is 0 Å². The van der Waals surface area contributed by atoms with Gasteiger partial charge in [-0.2, -0.15) is 5.10 Å². The molecule has 2 aromatic carbocycles. The Labute approximate surface area is 172 Å². The maximum Gasteiger partial charge on any atom is 0.343 e. The predicted molar refractivity (Wildman–Crippen MR) is 107 cm³/mol. The first-order valence-corrected chi connectivity index (χ1v) is 9.88. The van der Waals surface area contributed by atoms with E-state index in [0.717, 1.165) is 23.3 Å². The molecule has 0 saturated carbocycles. The molecule has 0 spiro atoms. The molecule has 1 fully saturated rings. The number of aromatic nitrogens is 3. The zero-order chi connectivity index (χ0) is 21.3. The number of nitrogens with zero attached hydrogens (tertiary/aromatic N) is 3. The van der Waals surface area contributed by atoms with Crippen molar-refractivity contribution in [3.8, 4) is 0 Å². The fraction of sp³-hybridized carbons (Fsp3) is 0.318. The van der Waals surface area contributed by atoms with Crippen LogP contribution in [-0.2, 0) is 6.54 Å². The minimum Gasteiger partial charge on any atom is -0.338 e. The summed E-state index contributed by atoms with van der Waals surface area (Å²) in [6, 6.07) is 11.3. The number of nitrogens with one attached hydrogen (secondary N) is 1. The van der Waals surface area contributed by atoms with Crippen molar-refractivity contribution in [2.24, 2.45) is 0 Å². The van der Waals surface area contributed by atoms with Crippen LogP contribution in [0.2, 0.25) is 0 Å². The number of aromatic amines is 1. The van der Waals surface area contributed by atoms with Gasteiger partial charge in [-0.05, 0) is 37.5 Å². The lowest BCUT2D eigenvalue weighted by Crippen LogP contribution is -2.39. The number of rotatable bonds is 4. The van der Waals surface area contributed by atoms with Crippen molar-refractivity contribution in [2.45, 2.75) is 32.2 Å². The van der Waals surface area contributed by atoms with Crippen molar-refractivity contribution < 1.29 is 13.6 Å². The zero-order valence-corrected chi connectivity index (χ0v) is 16.6. The van der Waals surface area contributed by atoms with E-state index in [4.69, 9.17) is 0 Å². The fourth-order valence-corrected chi connectivity index (χ4v) is 3.87.